The quantitative estimate of drug-likeness (QED) is 0.486. The molecule has 0 saturated heterocycles. The van der Waals surface area contributed by atoms with E-state index in [4.69, 9.17) is 16.3 Å². The second-order valence-electron chi connectivity index (χ2n) is 8.71. The Hall–Kier alpha value is -2.78. The molecule has 1 heterocycles. The summed E-state index contributed by atoms with van der Waals surface area (Å²) in [6, 6.07) is 23.6. The van der Waals surface area contributed by atoms with Gasteiger partial charge < -0.3 is 9.64 Å². The van der Waals surface area contributed by atoms with Crippen LogP contribution in [0.25, 0.3) is 0 Å². The Balaban J connectivity index is 1.84. The van der Waals surface area contributed by atoms with Gasteiger partial charge in [-0.15, -0.1) is 0 Å². The van der Waals surface area contributed by atoms with Crippen LogP contribution in [0.3, 0.4) is 0 Å². The molecular formula is C26H26ClNO2. The summed E-state index contributed by atoms with van der Waals surface area (Å²) in [6.45, 7) is 6.53. The topological polar surface area (TPSA) is 29.5 Å². The number of fused-ring (bicyclic) bond motifs is 1. The highest BCUT2D eigenvalue weighted by Gasteiger charge is 2.47. The van der Waals surface area contributed by atoms with Crippen LogP contribution < -0.4 is 9.64 Å². The molecule has 1 aliphatic heterocycles. The van der Waals surface area contributed by atoms with Crippen LogP contribution in [0.4, 0.5) is 5.69 Å². The van der Waals surface area contributed by atoms with E-state index in [-0.39, 0.29) is 16.9 Å². The molecule has 0 bridgehead atoms. The van der Waals surface area contributed by atoms with Gasteiger partial charge in [-0.25, -0.2) is 0 Å². The van der Waals surface area contributed by atoms with Crippen LogP contribution in [0, 0.1) is 0 Å². The van der Waals surface area contributed by atoms with Gasteiger partial charge in [0.15, 0.2) is 0 Å². The summed E-state index contributed by atoms with van der Waals surface area (Å²) in [4.78, 5) is 15.6. The van der Waals surface area contributed by atoms with Crippen molar-refractivity contribution in [1.82, 2.24) is 0 Å². The van der Waals surface area contributed by atoms with Crippen molar-refractivity contribution in [3.8, 4) is 5.75 Å². The van der Waals surface area contributed by atoms with E-state index in [0.717, 1.165) is 28.4 Å². The molecule has 0 aromatic heterocycles. The molecule has 1 aliphatic rings. The van der Waals surface area contributed by atoms with E-state index in [0.29, 0.717) is 5.56 Å². The third-order valence-corrected chi connectivity index (χ3v) is 6.40. The molecule has 0 radical (unpaired) electrons. The maximum Gasteiger partial charge on any atom is 0.258 e. The average Bonchev–Trinajstić information content (AvgIpc) is 2.73. The number of anilines is 1. The highest BCUT2D eigenvalue weighted by atomic mass is 35.5. The number of carbonyl (C=O) groups is 1. The zero-order valence-corrected chi connectivity index (χ0v) is 18.5. The van der Waals surface area contributed by atoms with Gasteiger partial charge >= 0.3 is 0 Å². The van der Waals surface area contributed by atoms with E-state index in [9.17, 15) is 4.79 Å². The number of benzene rings is 3. The van der Waals surface area contributed by atoms with Crippen LogP contribution >= 0.6 is 11.6 Å². The Morgan fingerprint density at radius 3 is 2.20 bits per heavy atom. The van der Waals surface area contributed by atoms with Crippen LogP contribution in [-0.4, -0.2) is 18.6 Å². The highest BCUT2D eigenvalue weighted by molar-refractivity contribution is 6.30. The fourth-order valence-corrected chi connectivity index (χ4v) is 4.95. The minimum atomic E-state index is -0.389. The van der Waals surface area contributed by atoms with Crippen molar-refractivity contribution in [1.29, 1.82) is 0 Å². The summed E-state index contributed by atoms with van der Waals surface area (Å²) in [6.07, 6.45) is 0.792. The zero-order valence-electron chi connectivity index (χ0n) is 17.8. The van der Waals surface area contributed by atoms with Crippen molar-refractivity contribution in [2.24, 2.45) is 0 Å². The predicted octanol–water partition coefficient (Wildman–Crippen LogP) is 6.48. The SMILES string of the molecule is COc1ccc(C(=O)N2c3ccccc3[C@](C)(c3ccc(Cl)cc3)CC2(C)C)cc1. The van der Waals surface area contributed by atoms with Crippen LogP contribution in [0.15, 0.2) is 72.8 Å². The molecule has 154 valence electrons. The van der Waals surface area contributed by atoms with Crippen molar-refractivity contribution in [2.45, 2.75) is 38.1 Å². The van der Waals surface area contributed by atoms with Crippen molar-refractivity contribution in [3.63, 3.8) is 0 Å². The Labute approximate surface area is 183 Å². The number of halogens is 1. The molecule has 0 spiro atoms. The smallest absolute Gasteiger partial charge is 0.258 e. The van der Waals surface area contributed by atoms with E-state index >= 15 is 0 Å². The van der Waals surface area contributed by atoms with Gasteiger partial charge in [-0.2, -0.15) is 0 Å². The number of methoxy groups -OCH3 is 1. The summed E-state index contributed by atoms with van der Waals surface area (Å²) in [5.74, 6) is 0.730. The lowest BCUT2D eigenvalue weighted by atomic mass is 9.65. The summed E-state index contributed by atoms with van der Waals surface area (Å²) >= 11 is 6.14. The minimum Gasteiger partial charge on any atom is -0.497 e. The fourth-order valence-electron chi connectivity index (χ4n) is 4.82. The molecule has 0 aliphatic carbocycles. The summed E-state index contributed by atoms with van der Waals surface area (Å²) in [5.41, 5.74) is 3.32. The average molecular weight is 420 g/mol. The van der Waals surface area contributed by atoms with Gasteiger partial charge in [-0.3, -0.25) is 4.79 Å². The number of ether oxygens (including phenoxy) is 1. The van der Waals surface area contributed by atoms with Crippen molar-refractivity contribution in [3.05, 3.63) is 94.5 Å². The molecule has 30 heavy (non-hydrogen) atoms. The fraction of sp³-hybridized carbons (Fsp3) is 0.269. The lowest BCUT2D eigenvalue weighted by Crippen LogP contribution is -2.55. The van der Waals surface area contributed by atoms with Gasteiger partial charge in [0.1, 0.15) is 5.75 Å². The zero-order chi connectivity index (χ0) is 21.5. The van der Waals surface area contributed by atoms with E-state index < -0.39 is 0 Å². The Morgan fingerprint density at radius 2 is 1.57 bits per heavy atom. The summed E-state index contributed by atoms with van der Waals surface area (Å²) < 4.78 is 5.24. The number of hydrogen-bond acceptors (Lipinski definition) is 2. The standard InChI is InChI=1S/C26H26ClNO2/c1-25(2)17-26(3,19-11-13-20(27)14-12-19)22-7-5-6-8-23(22)28(25)24(29)18-9-15-21(30-4)16-10-18/h5-16H,17H2,1-4H3/t26-/m0/s1. The Morgan fingerprint density at radius 1 is 0.933 bits per heavy atom. The van der Waals surface area contributed by atoms with E-state index in [2.05, 4.69) is 39.0 Å². The number of amides is 1. The first-order valence-corrected chi connectivity index (χ1v) is 10.5. The first kappa shape index (κ1) is 20.5. The molecule has 0 N–H and O–H groups in total. The first-order valence-electron chi connectivity index (χ1n) is 10.1. The lowest BCUT2D eigenvalue weighted by molar-refractivity contribution is 0.0948. The Bertz CT molecular complexity index is 1070. The molecular weight excluding hydrogens is 394 g/mol. The van der Waals surface area contributed by atoms with E-state index in [1.54, 1.807) is 7.11 Å². The van der Waals surface area contributed by atoms with Crippen molar-refractivity contribution in [2.75, 3.05) is 12.0 Å². The van der Waals surface area contributed by atoms with Crippen LogP contribution in [0.1, 0.15) is 48.7 Å². The van der Waals surface area contributed by atoms with Crippen molar-refractivity contribution < 1.29 is 9.53 Å². The number of para-hydroxylation sites is 1. The minimum absolute atomic E-state index is 0.00624. The number of carbonyl (C=O) groups excluding carboxylic acids is 1. The van der Waals surface area contributed by atoms with Gasteiger partial charge in [0.2, 0.25) is 0 Å². The molecule has 4 heteroatoms. The third-order valence-electron chi connectivity index (χ3n) is 6.15. The van der Waals surface area contributed by atoms with E-state index in [1.807, 2.05) is 59.5 Å². The number of hydrogen-bond donors (Lipinski definition) is 0. The summed E-state index contributed by atoms with van der Waals surface area (Å²) in [7, 11) is 1.62. The predicted molar refractivity (Wildman–Crippen MR) is 123 cm³/mol. The molecule has 0 unspecified atom stereocenters. The molecule has 3 aromatic carbocycles. The molecule has 0 fully saturated rings. The molecule has 3 aromatic rings. The second-order valence-corrected chi connectivity index (χ2v) is 9.15. The Kier molecular flexibility index (Phi) is 5.11. The van der Waals surface area contributed by atoms with Gasteiger partial charge in [0, 0.05) is 27.2 Å². The van der Waals surface area contributed by atoms with Gasteiger partial charge in [-0.05, 0) is 73.9 Å². The largest absolute Gasteiger partial charge is 0.497 e. The summed E-state index contributed by atoms with van der Waals surface area (Å²) in [5, 5.41) is 0.724. The number of nitrogens with zero attached hydrogens (tertiary/aromatic N) is 1. The molecule has 3 nitrogen and oxygen atoms in total. The highest BCUT2D eigenvalue weighted by Crippen LogP contribution is 2.50. The van der Waals surface area contributed by atoms with Crippen LogP contribution in [-0.2, 0) is 5.41 Å². The monoisotopic (exact) mass is 419 g/mol. The van der Waals surface area contributed by atoms with Gasteiger partial charge in [0.05, 0.1) is 7.11 Å². The lowest BCUT2D eigenvalue weighted by Gasteiger charge is -2.51. The molecule has 4 rings (SSSR count). The molecule has 1 amide bonds. The molecule has 1 atom stereocenters. The third kappa shape index (κ3) is 3.37. The first-order chi connectivity index (χ1) is 14.3. The van der Waals surface area contributed by atoms with Crippen molar-refractivity contribution >= 4 is 23.2 Å². The number of rotatable bonds is 3. The van der Waals surface area contributed by atoms with Crippen LogP contribution in [0.2, 0.25) is 5.02 Å². The van der Waals surface area contributed by atoms with Crippen LogP contribution in [0.5, 0.6) is 5.75 Å². The van der Waals surface area contributed by atoms with Gasteiger partial charge in [0.25, 0.3) is 5.91 Å². The molecule has 0 saturated carbocycles. The maximum absolute atomic E-state index is 13.6. The maximum atomic E-state index is 13.6. The van der Waals surface area contributed by atoms with E-state index in [1.165, 1.54) is 5.56 Å². The van der Waals surface area contributed by atoms with Gasteiger partial charge in [-0.1, -0.05) is 48.9 Å². The second kappa shape index (κ2) is 7.48. The normalized spacial score (nSPS) is 19.8.